The van der Waals surface area contributed by atoms with Crippen molar-refractivity contribution in [3.8, 4) is 0 Å². The molecule has 0 aliphatic carbocycles. The zero-order chi connectivity index (χ0) is 18.7. The molecule has 2 aromatic carbocycles. The van der Waals surface area contributed by atoms with Crippen molar-refractivity contribution in [1.82, 2.24) is 4.31 Å². The van der Waals surface area contributed by atoms with E-state index in [9.17, 15) is 18.0 Å². The lowest BCUT2D eigenvalue weighted by Gasteiger charge is -2.15. The van der Waals surface area contributed by atoms with Crippen LogP contribution in [0.25, 0.3) is 0 Å². The summed E-state index contributed by atoms with van der Waals surface area (Å²) in [6, 6.07) is 12.1. The number of sulfonamides is 1. The Morgan fingerprint density at radius 3 is 2.19 bits per heavy atom. The zero-order valence-corrected chi connectivity index (χ0v) is 14.8. The number of carbonyl (C=O) groups excluding carboxylic acids is 2. The van der Waals surface area contributed by atoms with Gasteiger partial charge in [-0.05, 0) is 49.2 Å². The molecule has 1 saturated heterocycles. The van der Waals surface area contributed by atoms with Crippen molar-refractivity contribution in [2.75, 3.05) is 18.4 Å². The van der Waals surface area contributed by atoms with Gasteiger partial charge in [0, 0.05) is 18.7 Å². The summed E-state index contributed by atoms with van der Waals surface area (Å²) in [5.74, 6) is -1.10. The van der Waals surface area contributed by atoms with Crippen molar-refractivity contribution in [1.29, 1.82) is 0 Å². The van der Waals surface area contributed by atoms with E-state index in [-0.39, 0.29) is 16.0 Å². The Labute approximate surface area is 151 Å². The van der Waals surface area contributed by atoms with Gasteiger partial charge < -0.3 is 11.1 Å². The maximum Gasteiger partial charge on any atom is 0.255 e. The van der Waals surface area contributed by atoms with Crippen molar-refractivity contribution in [2.45, 2.75) is 17.7 Å². The van der Waals surface area contributed by atoms with Crippen LogP contribution in [-0.2, 0) is 10.0 Å². The molecule has 0 bridgehead atoms. The maximum atomic E-state index is 12.5. The molecular weight excluding hydrogens is 354 g/mol. The number of nitrogens with two attached hydrogens (primary N) is 1. The Morgan fingerprint density at radius 1 is 0.962 bits per heavy atom. The van der Waals surface area contributed by atoms with Crippen LogP contribution in [0.1, 0.15) is 33.6 Å². The van der Waals surface area contributed by atoms with E-state index in [1.54, 1.807) is 18.2 Å². The van der Waals surface area contributed by atoms with Crippen molar-refractivity contribution in [2.24, 2.45) is 5.73 Å². The molecule has 0 atom stereocenters. The molecule has 7 nitrogen and oxygen atoms in total. The SMILES string of the molecule is NC(=O)c1ccccc1NC(=O)c1ccc(S(=O)(=O)N2CCCC2)cc1. The van der Waals surface area contributed by atoms with Gasteiger partial charge in [0.15, 0.2) is 0 Å². The summed E-state index contributed by atoms with van der Waals surface area (Å²) in [6.07, 6.45) is 1.72. The van der Waals surface area contributed by atoms with E-state index in [0.29, 0.717) is 18.8 Å². The van der Waals surface area contributed by atoms with E-state index in [2.05, 4.69) is 5.32 Å². The smallest absolute Gasteiger partial charge is 0.255 e. The van der Waals surface area contributed by atoms with Crippen LogP contribution in [0.15, 0.2) is 53.4 Å². The van der Waals surface area contributed by atoms with Gasteiger partial charge in [0.1, 0.15) is 0 Å². The van der Waals surface area contributed by atoms with Gasteiger partial charge in [-0.2, -0.15) is 4.31 Å². The fourth-order valence-electron chi connectivity index (χ4n) is 2.86. The van der Waals surface area contributed by atoms with Gasteiger partial charge in [-0.15, -0.1) is 0 Å². The van der Waals surface area contributed by atoms with E-state index < -0.39 is 21.8 Å². The summed E-state index contributed by atoms with van der Waals surface area (Å²) in [5, 5.41) is 2.62. The molecule has 0 unspecified atom stereocenters. The van der Waals surface area contributed by atoms with Crippen LogP contribution >= 0.6 is 0 Å². The van der Waals surface area contributed by atoms with Crippen molar-refractivity contribution < 1.29 is 18.0 Å². The average Bonchev–Trinajstić information content (AvgIpc) is 3.17. The maximum absolute atomic E-state index is 12.5. The second kappa shape index (κ2) is 7.27. The number of primary amides is 1. The van der Waals surface area contributed by atoms with Gasteiger partial charge in [0.25, 0.3) is 11.8 Å². The highest BCUT2D eigenvalue weighted by atomic mass is 32.2. The summed E-state index contributed by atoms with van der Waals surface area (Å²) >= 11 is 0. The highest BCUT2D eigenvalue weighted by molar-refractivity contribution is 7.89. The van der Waals surface area contributed by atoms with E-state index >= 15 is 0 Å². The molecule has 136 valence electrons. The third-order valence-electron chi connectivity index (χ3n) is 4.26. The second-order valence-electron chi connectivity index (χ2n) is 6.00. The minimum atomic E-state index is -3.52. The first kappa shape index (κ1) is 18.1. The summed E-state index contributed by atoms with van der Waals surface area (Å²) in [7, 11) is -3.52. The number of carbonyl (C=O) groups is 2. The lowest BCUT2D eigenvalue weighted by atomic mass is 10.1. The monoisotopic (exact) mass is 373 g/mol. The van der Waals surface area contributed by atoms with Crippen LogP contribution < -0.4 is 11.1 Å². The summed E-state index contributed by atoms with van der Waals surface area (Å²) < 4.78 is 26.5. The number of amides is 2. The zero-order valence-electron chi connectivity index (χ0n) is 14.0. The molecule has 1 aliphatic heterocycles. The molecule has 1 fully saturated rings. The molecule has 8 heteroatoms. The number of nitrogens with zero attached hydrogens (tertiary/aromatic N) is 1. The van der Waals surface area contributed by atoms with E-state index in [0.717, 1.165) is 12.8 Å². The van der Waals surface area contributed by atoms with Crippen LogP contribution in [0.5, 0.6) is 0 Å². The molecule has 2 aromatic rings. The average molecular weight is 373 g/mol. The molecule has 0 aromatic heterocycles. The van der Waals surface area contributed by atoms with Gasteiger partial charge in [0.05, 0.1) is 16.1 Å². The van der Waals surface area contributed by atoms with Crippen LogP contribution in [0, 0.1) is 0 Å². The Kier molecular flexibility index (Phi) is 5.06. The van der Waals surface area contributed by atoms with E-state index in [1.165, 1.54) is 34.6 Å². The molecule has 1 aliphatic rings. The highest BCUT2D eigenvalue weighted by Crippen LogP contribution is 2.22. The Hall–Kier alpha value is -2.71. The molecule has 26 heavy (non-hydrogen) atoms. The summed E-state index contributed by atoms with van der Waals surface area (Å²) in [5.41, 5.74) is 6.08. The number of para-hydroxylation sites is 1. The fourth-order valence-corrected chi connectivity index (χ4v) is 4.37. The molecule has 1 heterocycles. The molecule has 3 rings (SSSR count). The van der Waals surface area contributed by atoms with Gasteiger partial charge in [-0.25, -0.2) is 8.42 Å². The van der Waals surface area contributed by atoms with Crippen molar-refractivity contribution >= 4 is 27.5 Å². The number of hydrogen-bond acceptors (Lipinski definition) is 4. The standard InChI is InChI=1S/C18H19N3O4S/c19-17(22)15-5-1-2-6-16(15)20-18(23)13-7-9-14(10-8-13)26(24,25)21-11-3-4-12-21/h1-2,5-10H,3-4,11-12H2,(H2,19,22)(H,20,23). The second-order valence-corrected chi connectivity index (χ2v) is 7.94. The van der Waals surface area contributed by atoms with Crippen LogP contribution in [0.2, 0.25) is 0 Å². The molecule has 0 spiro atoms. The largest absolute Gasteiger partial charge is 0.366 e. The predicted octanol–water partition coefficient (Wildman–Crippen LogP) is 1.82. The third-order valence-corrected chi connectivity index (χ3v) is 6.17. The van der Waals surface area contributed by atoms with Crippen molar-refractivity contribution in [3.05, 3.63) is 59.7 Å². The minimum Gasteiger partial charge on any atom is -0.366 e. The number of rotatable bonds is 5. The van der Waals surface area contributed by atoms with E-state index in [4.69, 9.17) is 5.73 Å². The predicted molar refractivity (Wildman–Crippen MR) is 97.3 cm³/mol. The van der Waals surface area contributed by atoms with Gasteiger partial charge in [0.2, 0.25) is 10.0 Å². The normalized spacial score (nSPS) is 14.9. The Bertz CT molecular complexity index is 933. The first-order valence-corrected chi connectivity index (χ1v) is 9.64. The lowest BCUT2D eigenvalue weighted by molar-refractivity contribution is 0.100. The third kappa shape index (κ3) is 3.61. The molecule has 3 N–H and O–H groups in total. The van der Waals surface area contributed by atoms with Gasteiger partial charge >= 0.3 is 0 Å². The lowest BCUT2D eigenvalue weighted by Crippen LogP contribution is -2.27. The summed E-state index contributed by atoms with van der Waals surface area (Å²) in [4.78, 5) is 24.0. The topological polar surface area (TPSA) is 110 Å². The molecule has 0 saturated carbocycles. The molecule has 0 radical (unpaired) electrons. The molecule has 2 amide bonds. The first-order valence-electron chi connectivity index (χ1n) is 8.20. The van der Waals surface area contributed by atoms with Crippen LogP contribution in [-0.4, -0.2) is 37.6 Å². The van der Waals surface area contributed by atoms with E-state index in [1.807, 2.05) is 0 Å². The van der Waals surface area contributed by atoms with Gasteiger partial charge in [-0.3, -0.25) is 9.59 Å². The number of benzene rings is 2. The fraction of sp³-hybridized carbons (Fsp3) is 0.222. The van der Waals surface area contributed by atoms with Gasteiger partial charge in [-0.1, -0.05) is 12.1 Å². The minimum absolute atomic E-state index is 0.161. The number of anilines is 1. The number of hydrogen-bond donors (Lipinski definition) is 2. The quantitative estimate of drug-likeness (QED) is 0.833. The Morgan fingerprint density at radius 2 is 1.58 bits per heavy atom. The van der Waals surface area contributed by atoms with Crippen molar-refractivity contribution in [3.63, 3.8) is 0 Å². The van der Waals surface area contributed by atoms with Crippen LogP contribution in [0.3, 0.4) is 0 Å². The highest BCUT2D eigenvalue weighted by Gasteiger charge is 2.27. The summed E-state index contributed by atoms with van der Waals surface area (Å²) in [6.45, 7) is 1.04. The first-order chi connectivity index (χ1) is 12.4. The Balaban J connectivity index is 1.79. The van der Waals surface area contributed by atoms with Crippen LogP contribution in [0.4, 0.5) is 5.69 Å². The number of nitrogens with one attached hydrogen (secondary N) is 1. The molecular formula is C18H19N3O4S.